The predicted octanol–water partition coefficient (Wildman–Crippen LogP) is 4.63. The minimum Gasteiger partial charge on any atom is -0.316 e. The van der Waals surface area contributed by atoms with Crippen molar-refractivity contribution in [1.82, 2.24) is 0 Å². The van der Waals surface area contributed by atoms with Crippen LogP contribution in [0.4, 0.5) is 5.00 Å². The van der Waals surface area contributed by atoms with Crippen LogP contribution in [0.1, 0.15) is 53.7 Å². The highest BCUT2D eigenvalue weighted by Crippen LogP contribution is 2.38. The summed E-state index contributed by atoms with van der Waals surface area (Å²) in [7, 11) is 0. The van der Waals surface area contributed by atoms with E-state index >= 15 is 0 Å². The Morgan fingerprint density at radius 2 is 2.04 bits per heavy atom. The second-order valence-corrected chi connectivity index (χ2v) is 6.99. The molecule has 0 fully saturated rings. The van der Waals surface area contributed by atoms with Gasteiger partial charge in [-0.05, 0) is 43.2 Å². The fourth-order valence-corrected chi connectivity index (χ4v) is 4.47. The minimum absolute atomic E-state index is 0.0196. The Hall–Kier alpha value is -2.12. The lowest BCUT2D eigenvalue weighted by Crippen LogP contribution is -2.20. The number of hydrogen-bond acceptors (Lipinski definition) is 3. The van der Waals surface area contributed by atoms with E-state index in [0.717, 1.165) is 41.8 Å². The van der Waals surface area contributed by atoms with Crippen LogP contribution in [0.25, 0.3) is 0 Å². The molecule has 118 valence electrons. The number of amides is 1. The van der Waals surface area contributed by atoms with E-state index in [1.165, 1.54) is 11.3 Å². The summed E-state index contributed by atoms with van der Waals surface area (Å²) in [6.45, 7) is 2.02. The maximum absolute atomic E-state index is 12.7. The zero-order valence-corrected chi connectivity index (χ0v) is 14.1. The van der Waals surface area contributed by atoms with Crippen LogP contribution < -0.4 is 5.32 Å². The van der Waals surface area contributed by atoms with Crippen LogP contribution in [-0.2, 0) is 17.6 Å². The molecule has 4 heteroatoms. The maximum atomic E-state index is 12.7. The van der Waals surface area contributed by atoms with Crippen molar-refractivity contribution in [2.45, 2.75) is 44.9 Å². The maximum Gasteiger partial charge on any atom is 0.232 e. The molecule has 0 saturated carbocycles. The second-order valence-electron chi connectivity index (χ2n) is 5.89. The molecule has 1 amide bonds. The van der Waals surface area contributed by atoms with Gasteiger partial charge >= 0.3 is 0 Å². The number of aryl methyl sites for hydroxylation is 1. The Morgan fingerprint density at radius 1 is 1.30 bits per heavy atom. The van der Waals surface area contributed by atoms with Crippen LogP contribution >= 0.6 is 11.3 Å². The molecule has 2 aromatic rings. The van der Waals surface area contributed by atoms with Gasteiger partial charge in [0.25, 0.3) is 0 Å². The van der Waals surface area contributed by atoms with E-state index in [0.29, 0.717) is 5.56 Å². The number of anilines is 1. The van der Waals surface area contributed by atoms with Crippen molar-refractivity contribution in [2.24, 2.45) is 0 Å². The molecule has 0 saturated heterocycles. The largest absolute Gasteiger partial charge is 0.316 e. The van der Waals surface area contributed by atoms with Gasteiger partial charge in [-0.15, -0.1) is 11.3 Å². The van der Waals surface area contributed by atoms with Gasteiger partial charge in [-0.1, -0.05) is 37.3 Å². The van der Waals surface area contributed by atoms with Crippen molar-refractivity contribution in [3.05, 3.63) is 51.9 Å². The molecule has 0 aliphatic heterocycles. The third-order valence-electron chi connectivity index (χ3n) is 4.45. The Labute approximate surface area is 141 Å². The summed E-state index contributed by atoms with van der Waals surface area (Å²) in [5.74, 6) is -0.198. The van der Waals surface area contributed by atoms with E-state index in [1.807, 2.05) is 37.3 Å². The minimum atomic E-state index is -0.179. The number of benzene rings is 1. The highest BCUT2D eigenvalue weighted by atomic mass is 32.1. The molecule has 1 aromatic heterocycles. The van der Waals surface area contributed by atoms with Crippen molar-refractivity contribution >= 4 is 22.2 Å². The van der Waals surface area contributed by atoms with Gasteiger partial charge in [0.05, 0.1) is 11.5 Å². The molecule has 1 atom stereocenters. The SMILES string of the molecule is CC[C@H](C(=O)Nc1sc2c(c1C#N)CCCC2)c1ccccc1. The molecule has 0 radical (unpaired) electrons. The average Bonchev–Trinajstić information content (AvgIpc) is 2.93. The number of rotatable bonds is 4. The number of carbonyl (C=O) groups excluding carboxylic acids is 1. The van der Waals surface area contributed by atoms with E-state index in [4.69, 9.17) is 0 Å². The molecule has 1 aliphatic rings. The molecule has 1 N–H and O–H groups in total. The Balaban J connectivity index is 1.85. The third-order valence-corrected chi connectivity index (χ3v) is 5.65. The zero-order chi connectivity index (χ0) is 16.2. The smallest absolute Gasteiger partial charge is 0.232 e. The van der Waals surface area contributed by atoms with E-state index in [2.05, 4.69) is 11.4 Å². The average molecular weight is 324 g/mol. The fourth-order valence-electron chi connectivity index (χ4n) is 3.23. The Bertz CT molecular complexity index is 743. The summed E-state index contributed by atoms with van der Waals surface area (Å²) < 4.78 is 0. The van der Waals surface area contributed by atoms with Crippen LogP contribution in [0.2, 0.25) is 0 Å². The molecule has 3 nitrogen and oxygen atoms in total. The highest BCUT2D eigenvalue weighted by Gasteiger charge is 2.24. The van der Waals surface area contributed by atoms with E-state index in [-0.39, 0.29) is 11.8 Å². The number of hydrogen-bond donors (Lipinski definition) is 1. The number of thiophene rings is 1. The van der Waals surface area contributed by atoms with E-state index < -0.39 is 0 Å². The van der Waals surface area contributed by atoms with Gasteiger partial charge in [-0.3, -0.25) is 4.79 Å². The first-order chi connectivity index (χ1) is 11.2. The summed E-state index contributed by atoms with van der Waals surface area (Å²) in [6.07, 6.45) is 5.03. The van der Waals surface area contributed by atoms with Crippen LogP contribution in [-0.4, -0.2) is 5.91 Å². The summed E-state index contributed by atoms with van der Waals surface area (Å²) in [4.78, 5) is 14.0. The number of nitrogens with one attached hydrogen (secondary N) is 1. The van der Waals surface area contributed by atoms with Crippen molar-refractivity contribution in [3.8, 4) is 6.07 Å². The van der Waals surface area contributed by atoms with E-state index in [1.54, 1.807) is 11.3 Å². The van der Waals surface area contributed by atoms with Gasteiger partial charge in [0.2, 0.25) is 5.91 Å². The second kappa shape index (κ2) is 6.97. The third kappa shape index (κ3) is 3.16. The molecular formula is C19H20N2OS. The van der Waals surface area contributed by atoms with E-state index in [9.17, 15) is 10.1 Å². The molecule has 23 heavy (non-hydrogen) atoms. The molecule has 3 rings (SSSR count). The number of fused-ring (bicyclic) bond motifs is 1. The van der Waals surface area contributed by atoms with Crippen LogP contribution in [0.5, 0.6) is 0 Å². The molecule has 1 aliphatic carbocycles. The standard InChI is InChI=1S/C19H20N2OS/c1-2-14(13-8-4-3-5-9-13)18(22)21-19-16(12-20)15-10-6-7-11-17(15)23-19/h3-5,8-9,14H,2,6-7,10-11H2,1H3,(H,21,22)/t14-/m0/s1. The Morgan fingerprint density at radius 3 is 2.74 bits per heavy atom. The molecule has 0 bridgehead atoms. The number of nitriles is 1. The van der Waals surface area contributed by atoms with Gasteiger partial charge in [0.1, 0.15) is 11.1 Å². The number of carbonyl (C=O) groups is 1. The normalized spacial score (nSPS) is 14.6. The summed E-state index contributed by atoms with van der Waals surface area (Å²) in [5.41, 5.74) is 2.86. The van der Waals surface area contributed by atoms with Crippen LogP contribution in [0.3, 0.4) is 0 Å². The van der Waals surface area contributed by atoms with Crippen molar-refractivity contribution in [2.75, 3.05) is 5.32 Å². The van der Waals surface area contributed by atoms with Crippen molar-refractivity contribution in [1.29, 1.82) is 5.26 Å². The molecule has 0 spiro atoms. The lowest BCUT2D eigenvalue weighted by molar-refractivity contribution is -0.117. The number of nitrogens with zero attached hydrogens (tertiary/aromatic N) is 1. The zero-order valence-electron chi connectivity index (χ0n) is 13.3. The van der Waals surface area contributed by atoms with Crippen LogP contribution in [0, 0.1) is 11.3 Å². The summed E-state index contributed by atoms with van der Waals surface area (Å²) in [6, 6.07) is 12.1. The topological polar surface area (TPSA) is 52.9 Å². The van der Waals surface area contributed by atoms with Gasteiger partial charge in [-0.25, -0.2) is 0 Å². The lowest BCUT2D eigenvalue weighted by atomic mass is 9.95. The highest BCUT2D eigenvalue weighted by molar-refractivity contribution is 7.16. The van der Waals surface area contributed by atoms with Gasteiger partial charge in [0.15, 0.2) is 0 Å². The van der Waals surface area contributed by atoms with Crippen molar-refractivity contribution < 1.29 is 4.79 Å². The fraction of sp³-hybridized carbons (Fsp3) is 0.368. The molecular weight excluding hydrogens is 304 g/mol. The van der Waals surface area contributed by atoms with Crippen molar-refractivity contribution in [3.63, 3.8) is 0 Å². The summed E-state index contributed by atoms with van der Waals surface area (Å²) >= 11 is 1.58. The summed E-state index contributed by atoms with van der Waals surface area (Å²) in [5, 5.41) is 13.3. The first-order valence-corrected chi connectivity index (χ1v) is 8.96. The molecule has 1 heterocycles. The first-order valence-electron chi connectivity index (χ1n) is 8.15. The van der Waals surface area contributed by atoms with Gasteiger partial charge < -0.3 is 5.32 Å². The predicted molar refractivity (Wildman–Crippen MR) is 93.8 cm³/mol. The molecule has 1 aromatic carbocycles. The quantitative estimate of drug-likeness (QED) is 0.891. The monoisotopic (exact) mass is 324 g/mol. The first kappa shape index (κ1) is 15.8. The van der Waals surface area contributed by atoms with Gasteiger partial charge in [-0.2, -0.15) is 5.26 Å². The van der Waals surface area contributed by atoms with Crippen LogP contribution in [0.15, 0.2) is 30.3 Å². The Kier molecular flexibility index (Phi) is 4.78. The van der Waals surface area contributed by atoms with Gasteiger partial charge in [0, 0.05) is 4.88 Å². The molecule has 0 unspecified atom stereocenters. The lowest BCUT2D eigenvalue weighted by Gasteiger charge is -2.14.